The lowest BCUT2D eigenvalue weighted by Gasteiger charge is -2.12. The summed E-state index contributed by atoms with van der Waals surface area (Å²) in [6, 6.07) is 2.91. The standard InChI is InChI=1S/C12H8F5N3/c1-4-2-3-5(18)12(19-4)20-11-9(16)7(14)6(13)8(15)10(11)17/h2-3H,18H2,1H3,(H,19,20). The molecule has 2 aromatic rings. The number of aryl methyl sites for hydroxylation is 1. The highest BCUT2D eigenvalue weighted by molar-refractivity contribution is 5.69. The summed E-state index contributed by atoms with van der Waals surface area (Å²) in [5.41, 5.74) is 4.76. The number of anilines is 3. The molecular formula is C12H8F5N3. The van der Waals surface area contributed by atoms with E-state index in [0.717, 1.165) is 0 Å². The summed E-state index contributed by atoms with van der Waals surface area (Å²) in [4.78, 5) is 3.82. The Kier molecular flexibility index (Phi) is 3.47. The zero-order valence-electron chi connectivity index (χ0n) is 10.1. The van der Waals surface area contributed by atoms with E-state index in [1.807, 2.05) is 5.32 Å². The van der Waals surface area contributed by atoms with Gasteiger partial charge in [0.15, 0.2) is 29.1 Å². The van der Waals surface area contributed by atoms with Gasteiger partial charge in [-0.15, -0.1) is 0 Å². The van der Waals surface area contributed by atoms with Crippen LogP contribution < -0.4 is 11.1 Å². The van der Waals surface area contributed by atoms with Crippen molar-refractivity contribution in [2.24, 2.45) is 0 Å². The maximum atomic E-state index is 13.5. The lowest BCUT2D eigenvalue weighted by Crippen LogP contribution is -2.09. The number of halogens is 5. The molecular weight excluding hydrogens is 281 g/mol. The highest BCUT2D eigenvalue weighted by Gasteiger charge is 2.26. The second-order valence-corrected chi connectivity index (χ2v) is 3.96. The molecule has 0 atom stereocenters. The Hall–Kier alpha value is -2.38. The van der Waals surface area contributed by atoms with Gasteiger partial charge in [0, 0.05) is 5.69 Å². The molecule has 2 rings (SSSR count). The summed E-state index contributed by atoms with van der Waals surface area (Å²) in [7, 11) is 0. The zero-order valence-corrected chi connectivity index (χ0v) is 10.1. The van der Waals surface area contributed by atoms with Crippen molar-refractivity contribution in [3.8, 4) is 0 Å². The lowest BCUT2D eigenvalue weighted by atomic mass is 10.2. The van der Waals surface area contributed by atoms with Gasteiger partial charge in [0.1, 0.15) is 5.69 Å². The number of nitrogen functional groups attached to an aromatic ring is 1. The maximum absolute atomic E-state index is 13.5. The van der Waals surface area contributed by atoms with Crippen molar-refractivity contribution in [2.75, 3.05) is 11.1 Å². The van der Waals surface area contributed by atoms with E-state index < -0.39 is 34.8 Å². The summed E-state index contributed by atoms with van der Waals surface area (Å²) in [6.07, 6.45) is 0. The molecule has 20 heavy (non-hydrogen) atoms. The molecule has 0 fully saturated rings. The molecule has 0 aliphatic rings. The van der Waals surface area contributed by atoms with Gasteiger partial charge >= 0.3 is 0 Å². The third-order valence-corrected chi connectivity index (χ3v) is 2.52. The van der Waals surface area contributed by atoms with Crippen LogP contribution in [0.25, 0.3) is 0 Å². The van der Waals surface area contributed by atoms with Crippen molar-refractivity contribution in [3.05, 3.63) is 46.9 Å². The fraction of sp³-hybridized carbons (Fsp3) is 0.0833. The van der Waals surface area contributed by atoms with E-state index in [1.165, 1.54) is 12.1 Å². The summed E-state index contributed by atoms with van der Waals surface area (Å²) >= 11 is 0. The predicted octanol–water partition coefficient (Wildman–Crippen LogP) is 3.41. The van der Waals surface area contributed by atoms with Crippen LogP contribution in [0.4, 0.5) is 39.1 Å². The minimum Gasteiger partial charge on any atom is -0.396 e. The number of nitrogens with one attached hydrogen (secondary N) is 1. The second kappa shape index (κ2) is 4.95. The van der Waals surface area contributed by atoms with Crippen LogP contribution in [0.2, 0.25) is 0 Å². The molecule has 3 nitrogen and oxygen atoms in total. The fourth-order valence-electron chi connectivity index (χ4n) is 1.50. The summed E-state index contributed by atoms with van der Waals surface area (Å²) in [6.45, 7) is 1.57. The molecule has 0 saturated heterocycles. The molecule has 0 unspecified atom stereocenters. The molecule has 3 N–H and O–H groups in total. The van der Waals surface area contributed by atoms with E-state index in [-0.39, 0.29) is 11.5 Å². The topological polar surface area (TPSA) is 50.9 Å². The summed E-state index contributed by atoms with van der Waals surface area (Å²) in [5, 5.41) is 2.03. The molecule has 0 spiro atoms. The average molecular weight is 289 g/mol. The van der Waals surface area contributed by atoms with Crippen LogP contribution in [0.5, 0.6) is 0 Å². The number of nitrogens with zero attached hydrogens (tertiary/aromatic N) is 1. The van der Waals surface area contributed by atoms with E-state index in [2.05, 4.69) is 4.98 Å². The van der Waals surface area contributed by atoms with Crippen molar-refractivity contribution in [1.29, 1.82) is 0 Å². The smallest absolute Gasteiger partial charge is 0.200 e. The Bertz CT molecular complexity index is 658. The minimum atomic E-state index is -2.23. The van der Waals surface area contributed by atoms with E-state index in [1.54, 1.807) is 6.92 Å². The molecule has 8 heteroatoms. The van der Waals surface area contributed by atoms with Gasteiger partial charge in [-0.05, 0) is 19.1 Å². The Morgan fingerprint density at radius 1 is 0.900 bits per heavy atom. The normalized spacial score (nSPS) is 10.7. The van der Waals surface area contributed by atoms with Crippen LogP contribution in [-0.2, 0) is 0 Å². The van der Waals surface area contributed by atoms with Crippen LogP contribution in [-0.4, -0.2) is 4.98 Å². The molecule has 0 saturated carbocycles. The monoisotopic (exact) mass is 289 g/mol. The number of nitrogens with two attached hydrogens (primary N) is 1. The van der Waals surface area contributed by atoms with Gasteiger partial charge in [0.25, 0.3) is 0 Å². The first kappa shape index (κ1) is 14.0. The molecule has 1 aromatic heterocycles. The van der Waals surface area contributed by atoms with Crippen molar-refractivity contribution < 1.29 is 22.0 Å². The maximum Gasteiger partial charge on any atom is 0.200 e. The molecule has 0 amide bonds. The number of benzene rings is 1. The van der Waals surface area contributed by atoms with Gasteiger partial charge in [0.05, 0.1) is 5.69 Å². The predicted molar refractivity (Wildman–Crippen MR) is 62.9 cm³/mol. The highest BCUT2D eigenvalue weighted by Crippen LogP contribution is 2.30. The molecule has 1 heterocycles. The van der Waals surface area contributed by atoms with Crippen molar-refractivity contribution in [1.82, 2.24) is 4.98 Å². The van der Waals surface area contributed by atoms with Crippen LogP contribution in [0.15, 0.2) is 12.1 Å². The Labute approximate surface area is 110 Å². The lowest BCUT2D eigenvalue weighted by molar-refractivity contribution is 0.382. The molecule has 106 valence electrons. The largest absolute Gasteiger partial charge is 0.396 e. The highest BCUT2D eigenvalue weighted by atomic mass is 19.2. The second-order valence-electron chi connectivity index (χ2n) is 3.96. The fourth-order valence-corrected chi connectivity index (χ4v) is 1.50. The van der Waals surface area contributed by atoms with Gasteiger partial charge in [0.2, 0.25) is 5.82 Å². The van der Waals surface area contributed by atoms with Crippen LogP contribution in [0, 0.1) is 36.0 Å². The van der Waals surface area contributed by atoms with Crippen molar-refractivity contribution >= 4 is 17.2 Å². The first-order chi connectivity index (χ1) is 9.32. The van der Waals surface area contributed by atoms with Gasteiger partial charge < -0.3 is 11.1 Å². The number of pyridine rings is 1. The number of hydrogen-bond donors (Lipinski definition) is 2. The molecule has 0 radical (unpaired) electrons. The minimum absolute atomic E-state index is 0.000425. The molecule has 0 bridgehead atoms. The van der Waals surface area contributed by atoms with Crippen molar-refractivity contribution in [2.45, 2.75) is 6.92 Å². The zero-order chi connectivity index (χ0) is 15.0. The quantitative estimate of drug-likeness (QED) is 0.506. The molecule has 0 aliphatic carbocycles. The Morgan fingerprint density at radius 2 is 1.40 bits per heavy atom. The first-order valence-corrected chi connectivity index (χ1v) is 5.34. The average Bonchev–Trinajstić information content (AvgIpc) is 2.43. The number of rotatable bonds is 2. The number of hydrogen-bond acceptors (Lipinski definition) is 3. The van der Waals surface area contributed by atoms with Gasteiger partial charge in [-0.1, -0.05) is 0 Å². The van der Waals surface area contributed by atoms with Crippen LogP contribution in [0.3, 0.4) is 0 Å². The van der Waals surface area contributed by atoms with E-state index in [4.69, 9.17) is 5.73 Å². The Morgan fingerprint density at radius 3 is 1.95 bits per heavy atom. The Balaban J connectivity index is 2.57. The third kappa shape index (κ3) is 2.24. The summed E-state index contributed by atoms with van der Waals surface area (Å²) < 4.78 is 65.9. The van der Waals surface area contributed by atoms with E-state index in [0.29, 0.717) is 5.69 Å². The number of aromatic nitrogens is 1. The van der Waals surface area contributed by atoms with Crippen LogP contribution in [0.1, 0.15) is 5.69 Å². The SMILES string of the molecule is Cc1ccc(N)c(Nc2c(F)c(F)c(F)c(F)c2F)n1. The summed E-state index contributed by atoms with van der Waals surface area (Å²) in [5.74, 6) is -10.5. The van der Waals surface area contributed by atoms with Gasteiger partial charge in [-0.3, -0.25) is 0 Å². The van der Waals surface area contributed by atoms with Gasteiger partial charge in [-0.25, -0.2) is 26.9 Å². The first-order valence-electron chi connectivity index (χ1n) is 5.34. The van der Waals surface area contributed by atoms with Gasteiger partial charge in [-0.2, -0.15) is 0 Å². The molecule has 1 aromatic carbocycles. The van der Waals surface area contributed by atoms with Crippen LogP contribution >= 0.6 is 0 Å². The van der Waals surface area contributed by atoms with E-state index in [9.17, 15) is 22.0 Å². The van der Waals surface area contributed by atoms with Crippen molar-refractivity contribution in [3.63, 3.8) is 0 Å². The molecule has 0 aliphatic heterocycles. The van der Waals surface area contributed by atoms with E-state index >= 15 is 0 Å². The third-order valence-electron chi connectivity index (χ3n) is 2.52.